The number of aryl methyl sites for hydroxylation is 1. The minimum absolute atomic E-state index is 0.129. The topological polar surface area (TPSA) is 64.0 Å². The van der Waals surface area contributed by atoms with Crippen LogP contribution in [0.2, 0.25) is 5.02 Å². The van der Waals surface area contributed by atoms with Crippen molar-refractivity contribution in [2.45, 2.75) is 19.9 Å². The van der Waals surface area contributed by atoms with Gasteiger partial charge in [0.25, 0.3) is 5.56 Å². The van der Waals surface area contributed by atoms with Gasteiger partial charge >= 0.3 is 0 Å². The van der Waals surface area contributed by atoms with Crippen molar-refractivity contribution >= 4 is 39.1 Å². The van der Waals surface area contributed by atoms with E-state index >= 15 is 0 Å². The number of fused-ring (bicyclic) bond motifs is 1. The van der Waals surface area contributed by atoms with Gasteiger partial charge in [0.1, 0.15) is 16.5 Å². The number of rotatable bonds is 5. The van der Waals surface area contributed by atoms with Crippen LogP contribution in [-0.2, 0) is 17.8 Å². The van der Waals surface area contributed by atoms with Crippen LogP contribution in [0.15, 0.2) is 34.4 Å². The molecule has 0 spiro atoms. The minimum atomic E-state index is -0.512. The van der Waals surface area contributed by atoms with Crippen molar-refractivity contribution in [2.24, 2.45) is 0 Å². The molecule has 130 valence electrons. The summed E-state index contributed by atoms with van der Waals surface area (Å²) in [7, 11) is 0. The van der Waals surface area contributed by atoms with Crippen LogP contribution in [0.3, 0.4) is 0 Å². The van der Waals surface area contributed by atoms with Crippen LogP contribution in [0.5, 0.6) is 0 Å². The molecule has 8 heteroatoms. The Morgan fingerprint density at radius 3 is 2.96 bits per heavy atom. The largest absolute Gasteiger partial charge is 0.354 e. The number of hydrogen-bond acceptors (Lipinski definition) is 4. The summed E-state index contributed by atoms with van der Waals surface area (Å²) in [6, 6.07) is 6.03. The zero-order valence-electron chi connectivity index (χ0n) is 13.4. The van der Waals surface area contributed by atoms with Gasteiger partial charge in [0, 0.05) is 23.7 Å². The van der Waals surface area contributed by atoms with Crippen molar-refractivity contribution in [3.63, 3.8) is 0 Å². The number of nitrogens with one attached hydrogen (secondary N) is 1. The molecule has 1 N–H and O–H groups in total. The first-order valence-corrected chi connectivity index (χ1v) is 8.87. The Morgan fingerprint density at radius 2 is 2.20 bits per heavy atom. The monoisotopic (exact) mass is 379 g/mol. The van der Waals surface area contributed by atoms with Crippen molar-refractivity contribution in [3.05, 3.63) is 62.2 Å². The van der Waals surface area contributed by atoms with E-state index in [1.807, 2.05) is 5.38 Å². The Kier molecular flexibility index (Phi) is 5.15. The third-order valence-corrected chi connectivity index (χ3v) is 4.99. The van der Waals surface area contributed by atoms with Gasteiger partial charge < -0.3 is 5.32 Å². The average Bonchev–Trinajstić information content (AvgIpc) is 3.02. The molecule has 1 aromatic carbocycles. The lowest BCUT2D eigenvalue weighted by Crippen LogP contribution is -2.33. The van der Waals surface area contributed by atoms with E-state index in [4.69, 9.17) is 11.6 Å². The predicted octanol–water partition coefficient (Wildman–Crippen LogP) is 2.92. The molecule has 0 saturated heterocycles. The Morgan fingerprint density at radius 1 is 1.40 bits per heavy atom. The number of carbonyl (C=O) groups is 1. The van der Waals surface area contributed by atoms with Gasteiger partial charge in [0.2, 0.25) is 5.91 Å². The second-order valence-corrected chi connectivity index (χ2v) is 6.78. The van der Waals surface area contributed by atoms with Gasteiger partial charge in [-0.15, -0.1) is 11.3 Å². The lowest BCUT2D eigenvalue weighted by atomic mass is 10.1. The first-order valence-electron chi connectivity index (χ1n) is 7.61. The maximum absolute atomic E-state index is 13.7. The van der Waals surface area contributed by atoms with Gasteiger partial charge in [-0.25, -0.2) is 9.37 Å². The normalized spacial score (nSPS) is 11.0. The Hall–Kier alpha value is -2.25. The molecule has 3 aromatic rings. The van der Waals surface area contributed by atoms with Crippen molar-refractivity contribution in [3.8, 4) is 0 Å². The molecule has 3 rings (SSSR count). The summed E-state index contributed by atoms with van der Waals surface area (Å²) in [5.74, 6) is -0.282. The second kappa shape index (κ2) is 7.33. The quantitative estimate of drug-likeness (QED) is 0.741. The number of thiophene rings is 1. The van der Waals surface area contributed by atoms with E-state index < -0.39 is 5.82 Å². The SMILES string of the molecule is Cc1nc2sccc2c(=O)n1CCNC(=O)Cc1c(F)cccc1Cl. The highest BCUT2D eigenvalue weighted by atomic mass is 35.5. The van der Waals surface area contributed by atoms with Crippen molar-refractivity contribution in [1.82, 2.24) is 14.9 Å². The lowest BCUT2D eigenvalue weighted by Gasteiger charge is -2.11. The Balaban J connectivity index is 1.65. The van der Waals surface area contributed by atoms with E-state index in [2.05, 4.69) is 10.3 Å². The molecule has 0 aliphatic heterocycles. The van der Waals surface area contributed by atoms with Crippen LogP contribution < -0.4 is 10.9 Å². The van der Waals surface area contributed by atoms with Crippen LogP contribution >= 0.6 is 22.9 Å². The third-order valence-electron chi connectivity index (χ3n) is 3.83. The second-order valence-electron chi connectivity index (χ2n) is 5.48. The number of aromatic nitrogens is 2. The Labute approximate surface area is 152 Å². The predicted molar refractivity (Wildman–Crippen MR) is 96.7 cm³/mol. The van der Waals surface area contributed by atoms with Gasteiger partial charge in [0.15, 0.2) is 0 Å². The highest BCUT2D eigenvalue weighted by Gasteiger charge is 2.12. The number of benzene rings is 1. The van der Waals surface area contributed by atoms with E-state index in [0.29, 0.717) is 22.6 Å². The van der Waals surface area contributed by atoms with Crippen LogP contribution in [0, 0.1) is 12.7 Å². The molecule has 0 aliphatic carbocycles. The fraction of sp³-hybridized carbons (Fsp3) is 0.235. The first-order chi connectivity index (χ1) is 12.0. The fourth-order valence-electron chi connectivity index (χ4n) is 2.55. The number of halogens is 2. The minimum Gasteiger partial charge on any atom is -0.354 e. The molecule has 0 aliphatic rings. The highest BCUT2D eigenvalue weighted by molar-refractivity contribution is 7.16. The van der Waals surface area contributed by atoms with Gasteiger partial charge in [-0.2, -0.15) is 0 Å². The van der Waals surface area contributed by atoms with Gasteiger partial charge in [0.05, 0.1) is 11.8 Å². The zero-order chi connectivity index (χ0) is 18.0. The molecular formula is C17H15ClFN3O2S. The van der Waals surface area contributed by atoms with E-state index in [-0.39, 0.29) is 35.0 Å². The van der Waals surface area contributed by atoms with Crippen LogP contribution in [0.1, 0.15) is 11.4 Å². The van der Waals surface area contributed by atoms with E-state index in [1.54, 1.807) is 13.0 Å². The number of hydrogen-bond donors (Lipinski definition) is 1. The first kappa shape index (κ1) is 17.6. The van der Waals surface area contributed by atoms with Gasteiger partial charge in [-0.1, -0.05) is 17.7 Å². The molecule has 0 unspecified atom stereocenters. The van der Waals surface area contributed by atoms with Crippen LogP contribution in [0.4, 0.5) is 4.39 Å². The molecule has 0 radical (unpaired) electrons. The summed E-state index contributed by atoms with van der Waals surface area (Å²) in [5.41, 5.74) is 0.0338. The van der Waals surface area contributed by atoms with Crippen LogP contribution in [0.25, 0.3) is 10.2 Å². The van der Waals surface area contributed by atoms with Crippen LogP contribution in [-0.4, -0.2) is 22.0 Å². The average molecular weight is 380 g/mol. The van der Waals surface area contributed by atoms with Crippen molar-refractivity contribution < 1.29 is 9.18 Å². The summed E-state index contributed by atoms with van der Waals surface area (Å²) < 4.78 is 15.2. The molecule has 0 bridgehead atoms. The fourth-order valence-corrected chi connectivity index (χ4v) is 3.58. The third kappa shape index (κ3) is 3.72. The van der Waals surface area contributed by atoms with Gasteiger partial charge in [-0.3, -0.25) is 14.2 Å². The van der Waals surface area contributed by atoms with Crippen molar-refractivity contribution in [1.29, 1.82) is 0 Å². The lowest BCUT2D eigenvalue weighted by molar-refractivity contribution is -0.120. The van der Waals surface area contributed by atoms with E-state index in [0.717, 1.165) is 0 Å². The summed E-state index contributed by atoms with van der Waals surface area (Å²) >= 11 is 7.33. The maximum atomic E-state index is 13.7. The smallest absolute Gasteiger partial charge is 0.262 e. The number of nitrogens with zero attached hydrogens (tertiary/aromatic N) is 2. The van der Waals surface area contributed by atoms with E-state index in [9.17, 15) is 14.0 Å². The standard InChI is InChI=1S/C17H15ClFN3O2S/c1-10-21-16-11(5-8-25-16)17(24)22(10)7-6-20-15(23)9-12-13(18)3-2-4-14(12)19/h2-5,8H,6-7,9H2,1H3,(H,20,23). The molecule has 2 aromatic heterocycles. The maximum Gasteiger partial charge on any atom is 0.262 e. The van der Waals surface area contributed by atoms with E-state index in [1.165, 1.54) is 34.1 Å². The zero-order valence-corrected chi connectivity index (χ0v) is 15.0. The summed E-state index contributed by atoms with van der Waals surface area (Å²) in [4.78, 5) is 29.5. The molecule has 1 amide bonds. The molecule has 25 heavy (non-hydrogen) atoms. The highest BCUT2D eigenvalue weighted by Crippen LogP contribution is 2.19. The molecule has 0 atom stereocenters. The molecule has 0 saturated carbocycles. The molecular weight excluding hydrogens is 365 g/mol. The van der Waals surface area contributed by atoms with Gasteiger partial charge in [-0.05, 0) is 30.5 Å². The molecule has 5 nitrogen and oxygen atoms in total. The molecule has 0 fully saturated rings. The number of carbonyl (C=O) groups excluding carboxylic acids is 1. The summed E-state index contributed by atoms with van der Waals surface area (Å²) in [5, 5.41) is 5.29. The summed E-state index contributed by atoms with van der Waals surface area (Å²) in [6.07, 6.45) is -0.152. The summed E-state index contributed by atoms with van der Waals surface area (Å²) in [6.45, 7) is 2.28. The van der Waals surface area contributed by atoms with Crippen molar-refractivity contribution in [2.75, 3.05) is 6.54 Å². The molecule has 2 heterocycles. The number of amides is 1. The Bertz CT molecular complexity index is 979.